The number of hydrogen-bond acceptors (Lipinski definition) is 6. The molecule has 0 aliphatic carbocycles. The Morgan fingerprint density at radius 2 is 2.11 bits per heavy atom. The van der Waals surface area contributed by atoms with E-state index in [9.17, 15) is 5.11 Å². The summed E-state index contributed by atoms with van der Waals surface area (Å²) >= 11 is 1.26. The highest BCUT2D eigenvalue weighted by atomic mass is 32.1. The number of thiazole rings is 1. The van der Waals surface area contributed by atoms with Crippen molar-refractivity contribution in [3.8, 4) is 22.8 Å². The quantitative estimate of drug-likeness (QED) is 0.883. The van der Waals surface area contributed by atoms with Crippen LogP contribution in [0.15, 0.2) is 18.2 Å². The molecule has 6 heteroatoms. The topological polar surface area (TPSA) is 77.6 Å². The minimum Gasteiger partial charge on any atom is -0.497 e. The maximum atomic E-state index is 9.33. The zero-order valence-corrected chi connectivity index (χ0v) is 11.0. The molecule has 0 radical (unpaired) electrons. The lowest BCUT2D eigenvalue weighted by atomic mass is 10.1. The fourth-order valence-electron chi connectivity index (χ4n) is 1.69. The van der Waals surface area contributed by atoms with Gasteiger partial charge in [0.25, 0.3) is 0 Å². The Kier molecular flexibility index (Phi) is 3.69. The van der Waals surface area contributed by atoms with Crippen LogP contribution in [0.5, 0.6) is 11.5 Å². The van der Waals surface area contributed by atoms with Gasteiger partial charge in [-0.3, -0.25) is 0 Å². The highest BCUT2D eigenvalue weighted by Crippen LogP contribution is 2.37. The van der Waals surface area contributed by atoms with Crippen molar-refractivity contribution in [3.05, 3.63) is 23.1 Å². The van der Waals surface area contributed by atoms with Crippen molar-refractivity contribution < 1.29 is 14.6 Å². The number of aromatic nitrogens is 1. The van der Waals surface area contributed by atoms with E-state index >= 15 is 0 Å². The second-order valence-corrected chi connectivity index (χ2v) is 4.66. The van der Waals surface area contributed by atoms with Gasteiger partial charge in [0.15, 0.2) is 5.13 Å². The summed E-state index contributed by atoms with van der Waals surface area (Å²) in [5.74, 6) is 1.36. The van der Waals surface area contributed by atoms with Gasteiger partial charge >= 0.3 is 0 Å². The lowest BCUT2D eigenvalue weighted by molar-refractivity contribution is 0.286. The number of rotatable bonds is 4. The van der Waals surface area contributed by atoms with Crippen LogP contribution in [0.1, 0.15) is 4.88 Å². The molecule has 0 atom stereocenters. The highest BCUT2D eigenvalue weighted by molar-refractivity contribution is 7.15. The maximum Gasteiger partial charge on any atom is 0.180 e. The van der Waals surface area contributed by atoms with E-state index in [-0.39, 0.29) is 6.61 Å². The van der Waals surface area contributed by atoms with E-state index in [4.69, 9.17) is 15.2 Å². The van der Waals surface area contributed by atoms with Gasteiger partial charge in [-0.05, 0) is 18.2 Å². The van der Waals surface area contributed by atoms with E-state index < -0.39 is 0 Å². The Morgan fingerprint density at radius 3 is 2.72 bits per heavy atom. The van der Waals surface area contributed by atoms with Gasteiger partial charge in [0.05, 0.1) is 31.4 Å². The second kappa shape index (κ2) is 5.24. The molecule has 0 fully saturated rings. The Bertz CT molecular complexity index is 554. The molecule has 3 N–H and O–H groups in total. The van der Waals surface area contributed by atoms with Crippen molar-refractivity contribution in [2.24, 2.45) is 0 Å². The van der Waals surface area contributed by atoms with Crippen LogP contribution in [0, 0.1) is 0 Å². The molecule has 0 aliphatic rings. The first-order valence-corrected chi connectivity index (χ1v) is 6.09. The highest BCUT2D eigenvalue weighted by Gasteiger charge is 2.16. The predicted molar refractivity (Wildman–Crippen MR) is 71.0 cm³/mol. The summed E-state index contributed by atoms with van der Waals surface area (Å²) in [5, 5.41) is 9.74. The molecular weight excluding hydrogens is 252 g/mol. The normalized spacial score (nSPS) is 10.4. The number of nitrogen functional groups attached to an aromatic ring is 1. The van der Waals surface area contributed by atoms with Crippen LogP contribution in [0.3, 0.4) is 0 Å². The van der Waals surface area contributed by atoms with E-state index in [0.29, 0.717) is 27.2 Å². The second-order valence-electron chi connectivity index (χ2n) is 3.55. The van der Waals surface area contributed by atoms with Gasteiger partial charge in [0, 0.05) is 5.56 Å². The fourth-order valence-corrected chi connectivity index (χ4v) is 2.39. The first-order valence-electron chi connectivity index (χ1n) is 5.28. The first-order chi connectivity index (χ1) is 8.69. The average molecular weight is 266 g/mol. The van der Waals surface area contributed by atoms with E-state index in [0.717, 1.165) is 5.56 Å². The Morgan fingerprint density at radius 1 is 1.33 bits per heavy atom. The predicted octanol–water partition coefficient (Wildman–Crippen LogP) is 1.90. The zero-order valence-electron chi connectivity index (χ0n) is 10.1. The van der Waals surface area contributed by atoms with Crippen LogP contribution in [0.2, 0.25) is 0 Å². The molecule has 0 spiro atoms. The number of nitrogens with two attached hydrogens (primary N) is 1. The maximum absolute atomic E-state index is 9.33. The Labute approximate surface area is 109 Å². The molecule has 0 bridgehead atoms. The fraction of sp³-hybridized carbons (Fsp3) is 0.250. The van der Waals surface area contributed by atoms with Crippen molar-refractivity contribution in [2.75, 3.05) is 20.0 Å². The summed E-state index contributed by atoms with van der Waals surface area (Å²) in [5.41, 5.74) is 7.07. The minimum absolute atomic E-state index is 0.107. The van der Waals surface area contributed by atoms with Crippen LogP contribution in [0.4, 0.5) is 5.13 Å². The number of hydrogen-bond donors (Lipinski definition) is 2. The number of aliphatic hydroxyl groups is 1. The van der Waals surface area contributed by atoms with Crippen molar-refractivity contribution in [2.45, 2.75) is 6.61 Å². The van der Waals surface area contributed by atoms with Crippen LogP contribution < -0.4 is 15.2 Å². The average Bonchev–Trinajstić information content (AvgIpc) is 2.79. The van der Waals surface area contributed by atoms with Crippen molar-refractivity contribution in [3.63, 3.8) is 0 Å². The molecule has 1 aromatic heterocycles. The van der Waals surface area contributed by atoms with E-state index in [1.54, 1.807) is 26.4 Å². The van der Waals surface area contributed by atoms with Crippen LogP contribution in [0.25, 0.3) is 11.3 Å². The molecule has 2 aromatic rings. The lowest BCUT2D eigenvalue weighted by Crippen LogP contribution is -1.93. The van der Waals surface area contributed by atoms with E-state index in [1.807, 2.05) is 6.07 Å². The van der Waals surface area contributed by atoms with Crippen molar-refractivity contribution in [1.82, 2.24) is 4.98 Å². The Balaban J connectivity index is 2.60. The monoisotopic (exact) mass is 266 g/mol. The molecule has 1 aromatic carbocycles. The van der Waals surface area contributed by atoms with Gasteiger partial charge in [0.2, 0.25) is 0 Å². The summed E-state index contributed by atoms with van der Waals surface area (Å²) in [4.78, 5) is 4.94. The summed E-state index contributed by atoms with van der Waals surface area (Å²) in [6, 6.07) is 5.41. The summed E-state index contributed by atoms with van der Waals surface area (Å²) in [6.45, 7) is -0.107. The summed E-state index contributed by atoms with van der Waals surface area (Å²) in [7, 11) is 3.17. The largest absolute Gasteiger partial charge is 0.497 e. The van der Waals surface area contributed by atoms with E-state index in [1.165, 1.54) is 11.3 Å². The number of ether oxygens (including phenoxy) is 2. The number of benzene rings is 1. The van der Waals surface area contributed by atoms with Crippen molar-refractivity contribution in [1.29, 1.82) is 0 Å². The molecule has 0 unspecified atom stereocenters. The van der Waals surface area contributed by atoms with Crippen LogP contribution >= 0.6 is 11.3 Å². The number of methoxy groups -OCH3 is 2. The van der Waals surface area contributed by atoms with E-state index in [2.05, 4.69) is 4.98 Å². The van der Waals surface area contributed by atoms with Crippen LogP contribution in [-0.4, -0.2) is 24.3 Å². The summed E-state index contributed by atoms with van der Waals surface area (Å²) in [6.07, 6.45) is 0. The molecule has 1 heterocycles. The number of anilines is 1. The standard InChI is InChI=1S/C12H14N2O3S/c1-16-7-3-4-9(17-2)8(5-7)11-10(6-15)18-12(13)14-11/h3-5,15H,6H2,1-2H3,(H2,13,14). The lowest BCUT2D eigenvalue weighted by Gasteiger charge is -2.09. The zero-order chi connectivity index (χ0) is 13.1. The molecular formula is C12H14N2O3S. The molecule has 0 amide bonds. The van der Waals surface area contributed by atoms with Crippen molar-refractivity contribution >= 4 is 16.5 Å². The smallest absolute Gasteiger partial charge is 0.180 e. The molecule has 0 saturated heterocycles. The van der Waals surface area contributed by atoms with Gasteiger partial charge in [0.1, 0.15) is 11.5 Å². The third-order valence-corrected chi connectivity index (χ3v) is 3.39. The molecule has 5 nitrogen and oxygen atoms in total. The SMILES string of the molecule is COc1ccc(OC)c(-c2nc(N)sc2CO)c1. The summed E-state index contributed by atoms with van der Waals surface area (Å²) < 4.78 is 10.5. The molecule has 0 aliphatic heterocycles. The minimum atomic E-state index is -0.107. The molecule has 96 valence electrons. The molecule has 2 rings (SSSR count). The Hall–Kier alpha value is -1.79. The van der Waals surface area contributed by atoms with Gasteiger partial charge in [-0.1, -0.05) is 11.3 Å². The molecule has 0 saturated carbocycles. The third-order valence-electron chi connectivity index (χ3n) is 2.52. The van der Waals surface area contributed by atoms with Gasteiger partial charge < -0.3 is 20.3 Å². The first kappa shape index (κ1) is 12.7. The van der Waals surface area contributed by atoms with Gasteiger partial charge in [-0.15, -0.1) is 0 Å². The molecule has 18 heavy (non-hydrogen) atoms. The number of aliphatic hydroxyl groups excluding tert-OH is 1. The third kappa shape index (κ3) is 2.25. The van der Waals surface area contributed by atoms with Gasteiger partial charge in [-0.25, -0.2) is 4.98 Å². The number of nitrogens with zero attached hydrogens (tertiary/aromatic N) is 1. The van der Waals surface area contributed by atoms with Crippen LogP contribution in [-0.2, 0) is 6.61 Å². The van der Waals surface area contributed by atoms with Gasteiger partial charge in [-0.2, -0.15) is 0 Å².